The summed E-state index contributed by atoms with van der Waals surface area (Å²) in [5.74, 6) is 0. The summed E-state index contributed by atoms with van der Waals surface area (Å²) in [5.41, 5.74) is 0.321. The van der Waals surface area contributed by atoms with Crippen molar-refractivity contribution in [3.63, 3.8) is 0 Å². The van der Waals surface area contributed by atoms with Crippen LogP contribution in [0.15, 0.2) is 0 Å². The van der Waals surface area contributed by atoms with Crippen LogP contribution >= 0.6 is 33.2 Å². The highest BCUT2D eigenvalue weighted by atomic mass is 35.8. The fourth-order valence-electron chi connectivity index (χ4n) is 0.728. The Morgan fingerprint density at radius 1 is 1.30 bits per heavy atom. The molecular formula is C5H12Cl3Si2. The third-order valence-electron chi connectivity index (χ3n) is 1.27. The van der Waals surface area contributed by atoms with Crippen LogP contribution in [-0.2, 0) is 0 Å². The SMILES string of the molecule is CC(C[Si](C)C)[Si](Cl)(Cl)Cl. The maximum atomic E-state index is 5.81. The molecule has 0 aliphatic rings. The molecule has 0 saturated heterocycles. The van der Waals surface area contributed by atoms with Gasteiger partial charge in [-0.3, -0.25) is 0 Å². The Hall–Kier alpha value is 1.30. The molecule has 0 rings (SSSR count). The lowest BCUT2D eigenvalue weighted by Gasteiger charge is -2.18. The molecule has 0 aliphatic carbocycles. The molecule has 0 spiro atoms. The van der Waals surface area contributed by atoms with Gasteiger partial charge in [-0.15, -0.1) is 33.2 Å². The van der Waals surface area contributed by atoms with Crippen molar-refractivity contribution >= 4 is 48.0 Å². The first kappa shape index (κ1) is 11.3. The second-order valence-corrected chi connectivity index (χ2v) is 14.9. The van der Waals surface area contributed by atoms with Crippen LogP contribution in [0.3, 0.4) is 0 Å². The van der Waals surface area contributed by atoms with Gasteiger partial charge in [0.2, 0.25) is 0 Å². The minimum Gasteiger partial charge on any atom is -0.126 e. The van der Waals surface area contributed by atoms with Crippen molar-refractivity contribution in [1.29, 1.82) is 0 Å². The highest BCUT2D eigenvalue weighted by molar-refractivity contribution is 7.65. The lowest BCUT2D eigenvalue weighted by molar-refractivity contribution is 1.04. The quantitative estimate of drug-likeness (QED) is 0.515. The van der Waals surface area contributed by atoms with E-state index in [-0.39, 0.29) is 8.80 Å². The summed E-state index contributed by atoms with van der Waals surface area (Å²) in [6.07, 6.45) is 0. The van der Waals surface area contributed by atoms with E-state index in [1.165, 1.54) is 0 Å². The largest absolute Gasteiger partial charge is 0.343 e. The monoisotopic (exact) mass is 233 g/mol. The first-order valence-electron chi connectivity index (χ1n) is 3.19. The Morgan fingerprint density at radius 2 is 1.70 bits per heavy atom. The Kier molecular flexibility index (Phi) is 4.93. The van der Waals surface area contributed by atoms with Gasteiger partial charge in [0.1, 0.15) is 0 Å². The van der Waals surface area contributed by atoms with Gasteiger partial charge in [-0.2, -0.15) is 0 Å². The van der Waals surface area contributed by atoms with Crippen LogP contribution in [0.25, 0.3) is 0 Å². The van der Waals surface area contributed by atoms with Gasteiger partial charge in [0, 0.05) is 8.80 Å². The fourth-order valence-corrected chi connectivity index (χ4v) is 6.19. The number of hydrogen-bond acceptors (Lipinski definition) is 0. The molecule has 61 valence electrons. The minimum atomic E-state index is -2.38. The zero-order valence-electron chi connectivity index (χ0n) is 6.42. The van der Waals surface area contributed by atoms with Crippen molar-refractivity contribution in [2.24, 2.45) is 0 Å². The summed E-state index contributed by atoms with van der Waals surface area (Å²) < 4.78 is 0. The van der Waals surface area contributed by atoms with E-state index in [4.69, 9.17) is 33.2 Å². The lowest BCUT2D eigenvalue weighted by atomic mass is 10.6. The van der Waals surface area contributed by atoms with Gasteiger partial charge in [0.15, 0.2) is 0 Å². The minimum absolute atomic E-state index is 0.235. The topological polar surface area (TPSA) is 0 Å². The Morgan fingerprint density at radius 3 is 1.80 bits per heavy atom. The molecule has 0 heterocycles. The van der Waals surface area contributed by atoms with Gasteiger partial charge >= 0.3 is 6.00 Å². The second-order valence-electron chi connectivity index (χ2n) is 2.85. The molecule has 0 aliphatic heterocycles. The molecule has 0 aromatic heterocycles. The predicted molar refractivity (Wildman–Crippen MR) is 55.0 cm³/mol. The molecule has 0 aromatic carbocycles. The van der Waals surface area contributed by atoms with Gasteiger partial charge < -0.3 is 0 Å². The first-order chi connectivity index (χ1) is 4.34. The molecule has 0 amide bonds. The maximum Gasteiger partial charge on any atom is 0.343 e. The van der Waals surface area contributed by atoms with E-state index in [0.717, 1.165) is 6.04 Å². The maximum absolute atomic E-state index is 5.81. The second kappa shape index (κ2) is 4.36. The summed E-state index contributed by atoms with van der Waals surface area (Å²) in [5, 5.41) is 0. The van der Waals surface area contributed by atoms with E-state index in [1.807, 2.05) is 6.92 Å². The van der Waals surface area contributed by atoms with Gasteiger partial charge in [-0.1, -0.05) is 26.1 Å². The molecule has 0 bridgehead atoms. The molecule has 0 N–H and O–H groups in total. The third-order valence-corrected chi connectivity index (χ3v) is 7.78. The van der Waals surface area contributed by atoms with Gasteiger partial charge in [-0.05, 0) is 5.54 Å². The van der Waals surface area contributed by atoms with Gasteiger partial charge in [0.25, 0.3) is 0 Å². The van der Waals surface area contributed by atoms with Crippen LogP contribution in [0.2, 0.25) is 24.7 Å². The van der Waals surface area contributed by atoms with Crippen molar-refractivity contribution in [3.8, 4) is 0 Å². The Bertz CT molecular complexity index is 99.6. The number of hydrogen-bond donors (Lipinski definition) is 0. The molecule has 0 nitrogen and oxygen atoms in total. The van der Waals surface area contributed by atoms with Crippen LogP contribution in [0, 0.1) is 0 Å². The summed E-state index contributed by atoms with van der Waals surface area (Å²) in [7, 11) is -0.235. The van der Waals surface area contributed by atoms with E-state index >= 15 is 0 Å². The van der Waals surface area contributed by atoms with Crippen LogP contribution in [0.1, 0.15) is 6.92 Å². The van der Waals surface area contributed by atoms with Crippen molar-refractivity contribution < 1.29 is 0 Å². The van der Waals surface area contributed by atoms with E-state index < -0.39 is 6.00 Å². The van der Waals surface area contributed by atoms with Crippen molar-refractivity contribution in [1.82, 2.24) is 0 Å². The summed E-state index contributed by atoms with van der Waals surface area (Å²) in [4.78, 5) is 0. The van der Waals surface area contributed by atoms with Crippen LogP contribution in [0.5, 0.6) is 0 Å². The van der Waals surface area contributed by atoms with Gasteiger partial charge in [-0.25, -0.2) is 0 Å². The number of rotatable bonds is 3. The molecule has 0 fully saturated rings. The van der Waals surface area contributed by atoms with Gasteiger partial charge in [0.05, 0.1) is 0 Å². The molecule has 1 atom stereocenters. The molecule has 5 heteroatoms. The highest BCUT2D eigenvalue weighted by Gasteiger charge is 2.33. The van der Waals surface area contributed by atoms with Crippen molar-refractivity contribution in [2.45, 2.75) is 31.6 Å². The van der Waals surface area contributed by atoms with E-state index in [2.05, 4.69) is 13.1 Å². The lowest BCUT2D eigenvalue weighted by Crippen LogP contribution is -2.20. The summed E-state index contributed by atoms with van der Waals surface area (Å²) >= 11 is 17.4. The van der Waals surface area contributed by atoms with Crippen molar-refractivity contribution in [2.75, 3.05) is 0 Å². The van der Waals surface area contributed by atoms with Crippen LogP contribution in [-0.4, -0.2) is 14.8 Å². The predicted octanol–water partition coefficient (Wildman–Crippen LogP) is 3.79. The zero-order chi connectivity index (χ0) is 8.36. The first-order valence-corrected chi connectivity index (χ1v) is 11.0. The molecule has 1 radical (unpaired) electrons. The molecule has 0 aromatic rings. The van der Waals surface area contributed by atoms with E-state index in [0.29, 0.717) is 5.54 Å². The Labute approximate surface area is 79.6 Å². The normalized spacial score (nSPS) is 15.9. The summed E-state index contributed by atoms with van der Waals surface area (Å²) in [6, 6.07) is -1.26. The van der Waals surface area contributed by atoms with E-state index in [1.54, 1.807) is 0 Å². The van der Waals surface area contributed by atoms with Crippen LogP contribution in [0.4, 0.5) is 0 Å². The average Bonchev–Trinajstić information content (AvgIpc) is 1.60. The molecule has 1 unspecified atom stereocenters. The standard InChI is InChI=1S/C5H12Cl3Si2/c1-5(4-9(2)3)10(6,7)8/h5H,4H2,1-3H3. The van der Waals surface area contributed by atoms with E-state index in [9.17, 15) is 0 Å². The molecule has 0 saturated carbocycles. The summed E-state index contributed by atoms with van der Waals surface area (Å²) in [6.45, 7) is 6.52. The Balaban J connectivity index is 3.73. The molecule has 10 heavy (non-hydrogen) atoms. The molecular weight excluding hydrogens is 223 g/mol. The van der Waals surface area contributed by atoms with Crippen LogP contribution < -0.4 is 0 Å². The third kappa shape index (κ3) is 5.02. The van der Waals surface area contributed by atoms with Crippen molar-refractivity contribution in [3.05, 3.63) is 0 Å². The zero-order valence-corrected chi connectivity index (χ0v) is 10.7. The smallest absolute Gasteiger partial charge is 0.126 e. The number of halogens is 3. The average molecular weight is 235 g/mol. The fraction of sp³-hybridized carbons (Fsp3) is 1.00. The highest BCUT2D eigenvalue weighted by Crippen LogP contribution is 2.36.